The number of rotatable bonds is 8. The van der Waals surface area contributed by atoms with E-state index in [0.717, 1.165) is 0 Å². The van der Waals surface area contributed by atoms with Gasteiger partial charge in [-0.2, -0.15) is 13.2 Å². The fraction of sp³-hybridized carbons (Fsp3) is 0.857. The van der Waals surface area contributed by atoms with Crippen LogP contribution in [0.25, 0.3) is 0 Å². The van der Waals surface area contributed by atoms with E-state index in [1.807, 2.05) is 6.92 Å². The van der Waals surface area contributed by atoms with Crippen LogP contribution in [0, 0.1) is 11.3 Å². The molecule has 1 unspecified atom stereocenters. The predicted octanol–water partition coefficient (Wildman–Crippen LogP) is 3.31. The summed E-state index contributed by atoms with van der Waals surface area (Å²) in [7, 11) is 0. The van der Waals surface area contributed by atoms with Crippen molar-refractivity contribution in [3.05, 3.63) is 0 Å². The summed E-state index contributed by atoms with van der Waals surface area (Å²) in [5, 5.41) is 9.25. The van der Waals surface area contributed by atoms with Crippen molar-refractivity contribution in [2.75, 3.05) is 13.1 Å². The zero-order chi connectivity index (χ0) is 16.8. The molecule has 4 nitrogen and oxygen atoms in total. The molecule has 0 rings (SSSR count). The summed E-state index contributed by atoms with van der Waals surface area (Å²) in [6.45, 7) is 5.14. The Morgan fingerprint density at radius 1 is 1.24 bits per heavy atom. The predicted molar refractivity (Wildman–Crippen MR) is 72.7 cm³/mol. The Hall–Kier alpha value is -1.27. The van der Waals surface area contributed by atoms with E-state index >= 15 is 0 Å². The van der Waals surface area contributed by atoms with E-state index in [1.165, 1.54) is 6.92 Å². The Morgan fingerprint density at radius 2 is 1.76 bits per heavy atom. The minimum absolute atomic E-state index is 0.0113. The third-order valence-electron chi connectivity index (χ3n) is 3.79. The fourth-order valence-electron chi connectivity index (χ4n) is 1.81. The molecule has 1 atom stereocenters. The molecule has 1 amide bonds. The van der Waals surface area contributed by atoms with Gasteiger partial charge in [0.25, 0.3) is 0 Å². The first kappa shape index (κ1) is 19.7. The van der Waals surface area contributed by atoms with Gasteiger partial charge in [0.1, 0.15) is 6.54 Å². The van der Waals surface area contributed by atoms with Crippen molar-refractivity contribution in [3.8, 4) is 0 Å². The van der Waals surface area contributed by atoms with Gasteiger partial charge in [0.2, 0.25) is 5.91 Å². The smallest absolute Gasteiger partial charge is 0.406 e. The lowest BCUT2D eigenvalue weighted by molar-refractivity contribution is -0.166. The van der Waals surface area contributed by atoms with E-state index < -0.39 is 36.4 Å². The molecule has 0 radical (unpaired) electrons. The monoisotopic (exact) mass is 311 g/mol. The average molecular weight is 311 g/mol. The largest absolute Gasteiger partial charge is 0.481 e. The van der Waals surface area contributed by atoms with Crippen molar-refractivity contribution < 1.29 is 27.9 Å². The molecule has 0 heterocycles. The highest BCUT2D eigenvalue weighted by Crippen LogP contribution is 2.32. The van der Waals surface area contributed by atoms with Crippen molar-refractivity contribution in [2.45, 2.75) is 53.1 Å². The van der Waals surface area contributed by atoms with Crippen LogP contribution >= 0.6 is 0 Å². The Morgan fingerprint density at radius 3 is 2.10 bits per heavy atom. The molecule has 21 heavy (non-hydrogen) atoms. The molecule has 124 valence electrons. The number of alkyl halides is 3. The summed E-state index contributed by atoms with van der Waals surface area (Å²) in [6, 6.07) is 0. The van der Waals surface area contributed by atoms with Gasteiger partial charge in [0.15, 0.2) is 0 Å². The minimum Gasteiger partial charge on any atom is -0.481 e. The van der Waals surface area contributed by atoms with Crippen molar-refractivity contribution >= 4 is 11.9 Å². The molecule has 0 aliphatic heterocycles. The Balaban J connectivity index is 5.06. The standard InChI is InChI=1S/C14H24F3NO3/c1-5-6-7-18(9-14(15,16)17)11(19)8-13(4,10(2)3)12(20)21/h10H,5-9H2,1-4H3,(H,20,21). The topological polar surface area (TPSA) is 57.6 Å². The average Bonchev–Trinajstić information content (AvgIpc) is 2.32. The van der Waals surface area contributed by atoms with E-state index in [1.54, 1.807) is 13.8 Å². The number of carbonyl (C=O) groups is 2. The highest BCUT2D eigenvalue weighted by molar-refractivity contribution is 5.85. The first-order chi connectivity index (χ1) is 9.44. The number of hydrogen-bond acceptors (Lipinski definition) is 2. The normalized spacial score (nSPS) is 14.9. The maximum atomic E-state index is 12.5. The van der Waals surface area contributed by atoms with E-state index in [0.29, 0.717) is 17.7 Å². The molecule has 0 aliphatic rings. The van der Waals surface area contributed by atoms with E-state index in [9.17, 15) is 27.9 Å². The number of unbranched alkanes of at least 4 members (excludes halogenated alkanes) is 1. The van der Waals surface area contributed by atoms with Gasteiger partial charge >= 0.3 is 12.1 Å². The lowest BCUT2D eigenvalue weighted by Gasteiger charge is -2.32. The number of carbonyl (C=O) groups excluding carboxylic acids is 1. The first-order valence-electron chi connectivity index (χ1n) is 7.02. The second-order valence-electron chi connectivity index (χ2n) is 5.84. The summed E-state index contributed by atoms with van der Waals surface area (Å²) in [6.07, 6.45) is -3.81. The molecule has 7 heteroatoms. The quantitative estimate of drug-likeness (QED) is 0.748. The fourth-order valence-corrected chi connectivity index (χ4v) is 1.81. The maximum absolute atomic E-state index is 12.5. The zero-order valence-electron chi connectivity index (χ0n) is 13.0. The zero-order valence-corrected chi connectivity index (χ0v) is 13.0. The van der Waals surface area contributed by atoms with Crippen LogP contribution in [-0.2, 0) is 9.59 Å². The third kappa shape index (κ3) is 6.35. The molecular weight excluding hydrogens is 287 g/mol. The second kappa shape index (κ2) is 7.66. The van der Waals surface area contributed by atoms with E-state index in [2.05, 4.69) is 0 Å². The van der Waals surface area contributed by atoms with Gasteiger partial charge in [-0.25, -0.2) is 0 Å². The molecule has 0 spiro atoms. The number of carboxylic acids is 1. The van der Waals surface area contributed by atoms with Gasteiger partial charge in [-0.05, 0) is 19.3 Å². The number of aliphatic carboxylic acids is 1. The van der Waals surface area contributed by atoms with Crippen LogP contribution in [0.4, 0.5) is 13.2 Å². The van der Waals surface area contributed by atoms with Crippen LogP contribution in [0.3, 0.4) is 0 Å². The van der Waals surface area contributed by atoms with Crippen LogP contribution in [0.2, 0.25) is 0 Å². The summed E-state index contributed by atoms with van der Waals surface area (Å²) >= 11 is 0. The van der Waals surface area contributed by atoms with Crippen molar-refractivity contribution in [3.63, 3.8) is 0 Å². The molecule has 0 aromatic rings. The molecule has 1 N–H and O–H groups in total. The van der Waals surface area contributed by atoms with Crippen LogP contribution < -0.4 is 0 Å². The number of amides is 1. The maximum Gasteiger partial charge on any atom is 0.406 e. The number of hydrogen-bond donors (Lipinski definition) is 1. The molecule has 0 fully saturated rings. The van der Waals surface area contributed by atoms with E-state index in [4.69, 9.17) is 0 Å². The molecule has 0 saturated carbocycles. The lowest BCUT2D eigenvalue weighted by Crippen LogP contribution is -2.44. The number of nitrogens with zero attached hydrogens (tertiary/aromatic N) is 1. The van der Waals surface area contributed by atoms with Gasteiger partial charge in [0, 0.05) is 13.0 Å². The van der Waals surface area contributed by atoms with Crippen LogP contribution in [0.15, 0.2) is 0 Å². The lowest BCUT2D eigenvalue weighted by atomic mass is 9.76. The van der Waals surface area contributed by atoms with Gasteiger partial charge in [-0.15, -0.1) is 0 Å². The SMILES string of the molecule is CCCCN(CC(F)(F)F)C(=O)CC(C)(C(=O)O)C(C)C. The van der Waals surface area contributed by atoms with Crippen molar-refractivity contribution in [1.29, 1.82) is 0 Å². The van der Waals surface area contributed by atoms with E-state index in [-0.39, 0.29) is 12.5 Å². The molecule has 0 aromatic heterocycles. The Bertz CT molecular complexity index is 369. The van der Waals surface area contributed by atoms with Crippen LogP contribution in [-0.4, -0.2) is 41.1 Å². The van der Waals surface area contributed by atoms with Crippen molar-refractivity contribution in [1.82, 2.24) is 4.90 Å². The van der Waals surface area contributed by atoms with Gasteiger partial charge in [-0.3, -0.25) is 9.59 Å². The molecule has 0 saturated heterocycles. The summed E-state index contributed by atoms with van der Waals surface area (Å²) < 4.78 is 37.6. The molecule has 0 aromatic carbocycles. The van der Waals surface area contributed by atoms with Crippen molar-refractivity contribution in [2.24, 2.45) is 11.3 Å². The van der Waals surface area contributed by atoms with Gasteiger partial charge in [-0.1, -0.05) is 27.2 Å². The van der Waals surface area contributed by atoms with Crippen LogP contribution in [0.5, 0.6) is 0 Å². The highest BCUT2D eigenvalue weighted by Gasteiger charge is 2.41. The Kier molecular flexibility index (Phi) is 7.19. The minimum atomic E-state index is -4.49. The van der Waals surface area contributed by atoms with Crippen LogP contribution in [0.1, 0.15) is 47.0 Å². The highest BCUT2D eigenvalue weighted by atomic mass is 19.4. The summed E-state index contributed by atoms with van der Waals surface area (Å²) in [4.78, 5) is 24.2. The summed E-state index contributed by atoms with van der Waals surface area (Å²) in [5.41, 5.74) is -1.37. The first-order valence-corrected chi connectivity index (χ1v) is 7.02. The Labute approximate surface area is 123 Å². The molecule has 0 bridgehead atoms. The number of carboxylic acid groups (broad SMARTS) is 1. The summed E-state index contributed by atoms with van der Waals surface area (Å²) in [5.74, 6) is -2.30. The molecular formula is C14H24F3NO3. The second-order valence-corrected chi connectivity index (χ2v) is 5.84. The van der Waals surface area contributed by atoms with Gasteiger partial charge in [0.05, 0.1) is 5.41 Å². The van der Waals surface area contributed by atoms with Gasteiger partial charge < -0.3 is 10.0 Å². The molecule has 0 aliphatic carbocycles. The third-order valence-corrected chi connectivity index (χ3v) is 3.79. The number of halogens is 3.